The number of hydrogen-bond donors (Lipinski definition) is 2. The summed E-state index contributed by atoms with van der Waals surface area (Å²) in [7, 11) is 3.16. The van der Waals surface area contributed by atoms with E-state index >= 15 is 0 Å². The number of carbonyl (C=O) groups excluding carboxylic acids is 1. The molecule has 2 N–H and O–H groups in total. The van der Waals surface area contributed by atoms with Crippen LogP contribution in [0.15, 0.2) is 59.6 Å². The molecule has 8 nitrogen and oxygen atoms in total. The number of aliphatic imine (C=N–C) groups is 1. The predicted octanol–water partition coefficient (Wildman–Crippen LogP) is 4.17. The van der Waals surface area contributed by atoms with Gasteiger partial charge in [-0.25, -0.2) is 4.99 Å². The average molecular weight is 454 g/mol. The van der Waals surface area contributed by atoms with Gasteiger partial charge in [0, 0.05) is 36.1 Å². The zero-order valence-electron chi connectivity index (χ0n) is 17.7. The Labute approximate surface area is 189 Å². The number of aromatic hydroxyl groups is 2. The summed E-state index contributed by atoms with van der Waals surface area (Å²) in [4.78, 5) is 19.7. The number of nitrogens with zero attached hydrogens (tertiary/aromatic N) is 3. The molecule has 0 aliphatic carbocycles. The van der Waals surface area contributed by atoms with Gasteiger partial charge in [-0.05, 0) is 42.8 Å². The van der Waals surface area contributed by atoms with Crippen molar-refractivity contribution in [1.29, 1.82) is 0 Å². The molecule has 2 heterocycles. The van der Waals surface area contributed by atoms with Crippen molar-refractivity contribution in [2.45, 2.75) is 6.42 Å². The molecule has 166 valence electrons. The Balaban J connectivity index is 1.63. The smallest absolute Gasteiger partial charge is 0.259 e. The summed E-state index contributed by atoms with van der Waals surface area (Å²) in [5, 5.41) is 20.4. The molecule has 1 fully saturated rings. The molecule has 0 spiro atoms. The monoisotopic (exact) mass is 453 g/mol. The Morgan fingerprint density at radius 3 is 2.38 bits per heavy atom. The van der Waals surface area contributed by atoms with Crippen LogP contribution in [-0.4, -0.2) is 57.3 Å². The van der Waals surface area contributed by atoms with Gasteiger partial charge in [-0.1, -0.05) is 11.8 Å². The second kappa shape index (κ2) is 9.27. The van der Waals surface area contributed by atoms with Crippen LogP contribution in [0.25, 0.3) is 5.69 Å². The van der Waals surface area contributed by atoms with Gasteiger partial charge in [-0.2, -0.15) is 0 Å². The zero-order valence-corrected chi connectivity index (χ0v) is 18.5. The van der Waals surface area contributed by atoms with E-state index < -0.39 is 0 Å². The van der Waals surface area contributed by atoms with E-state index in [9.17, 15) is 15.0 Å². The quantitative estimate of drug-likeness (QED) is 0.602. The lowest BCUT2D eigenvalue weighted by molar-refractivity contribution is 0.0849. The van der Waals surface area contributed by atoms with Crippen molar-refractivity contribution < 1.29 is 24.5 Å². The Hall–Kier alpha value is -3.59. The van der Waals surface area contributed by atoms with Crippen molar-refractivity contribution in [3.05, 3.63) is 60.2 Å². The molecular weight excluding hydrogens is 430 g/mol. The number of methoxy groups -OCH3 is 2. The Morgan fingerprint density at radius 2 is 1.72 bits per heavy atom. The Bertz CT molecular complexity index is 1140. The minimum Gasteiger partial charge on any atom is -0.497 e. The number of amides is 1. The summed E-state index contributed by atoms with van der Waals surface area (Å²) in [6.45, 7) is 0.553. The van der Waals surface area contributed by atoms with Crippen molar-refractivity contribution in [2.75, 3.05) is 26.5 Å². The summed E-state index contributed by atoms with van der Waals surface area (Å²) in [6.07, 6.45) is 0.855. The van der Waals surface area contributed by atoms with E-state index in [4.69, 9.17) is 14.5 Å². The van der Waals surface area contributed by atoms with Crippen LogP contribution in [0, 0.1) is 0 Å². The third-order valence-corrected chi connectivity index (χ3v) is 6.11. The molecule has 3 aromatic rings. The van der Waals surface area contributed by atoms with E-state index in [-0.39, 0.29) is 17.7 Å². The maximum absolute atomic E-state index is 13.3. The van der Waals surface area contributed by atoms with E-state index in [1.807, 2.05) is 0 Å². The van der Waals surface area contributed by atoms with Gasteiger partial charge in [0.2, 0.25) is 0 Å². The highest BCUT2D eigenvalue weighted by Crippen LogP contribution is 2.34. The van der Waals surface area contributed by atoms with E-state index in [1.54, 1.807) is 61.6 Å². The van der Waals surface area contributed by atoms with E-state index in [0.717, 1.165) is 12.2 Å². The number of carbonyl (C=O) groups is 1. The van der Waals surface area contributed by atoms with Gasteiger partial charge >= 0.3 is 0 Å². The molecule has 0 saturated carbocycles. The van der Waals surface area contributed by atoms with Crippen LogP contribution >= 0.6 is 11.8 Å². The third kappa shape index (κ3) is 4.24. The van der Waals surface area contributed by atoms with E-state index in [1.165, 1.54) is 28.5 Å². The minimum atomic E-state index is -0.176. The molecule has 1 amide bonds. The molecule has 1 aliphatic heterocycles. The third-order valence-electron chi connectivity index (χ3n) is 5.05. The molecular formula is C23H23N3O5S. The maximum atomic E-state index is 13.3. The molecule has 0 atom stereocenters. The number of thioether (sulfide) groups is 1. The van der Waals surface area contributed by atoms with Gasteiger partial charge in [-0.15, -0.1) is 0 Å². The highest BCUT2D eigenvalue weighted by Gasteiger charge is 2.25. The van der Waals surface area contributed by atoms with Gasteiger partial charge in [0.15, 0.2) is 16.9 Å². The standard InChI is InChI=1S/C23H23N3O5S/c1-30-17-8-9-19(31-2)18(14-17)24-23-25(12-3-13-32-23)22(29)15-4-6-16(7-5-15)26-20(27)10-11-21(26)28/h4-11,14,27-28H,3,12-13H2,1-2H3. The van der Waals surface area contributed by atoms with Gasteiger partial charge in [-0.3, -0.25) is 14.3 Å². The van der Waals surface area contributed by atoms with Crippen LogP contribution in [0.2, 0.25) is 0 Å². The topological polar surface area (TPSA) is 96.5 Å². The number of aromatic nitrogens is 1. The fourth-order valence-corrected chi connectivity index (χ4v) is 4.37. The van der Waals surface area contributed by atoms with Crippen LogP contribution in [0.4, 0.5) is 5.69 Å². The van der Waals surface area contributed by atoms with Crippen LogP contribution < -0.4 is 9.47 Å². The lowest BCUT2D eigenvalue weighted by Gasteiger charge is -2.28. The SMILES string of the molecule is COc1ccc(OC)c(N=C2SCCCN2C(=O)c2ccc(-n3c(O)ccc3O)cc2)c1. The predicted molar refractivity (Wildman–Crippen MR) is 124 cm³/mol. The second-order valence-electron chi connectivity index (χ2n) is 7.02. The molecule has 0 radical (unpaired) electrons. The van der Waals surface area contributed by atoms with Crippen molar-refractivity contribution >= 4 is 28.5 Å². The molecule has 0 unspecified atom stereocenters. The van der Waals surface area contributed by atoms with E-state index in [0.29, 0.717) is 40.1 Å². The number of amidine groups is 1. The fraction of sp³-hybridized carbons (Fsp3) is 0.217. The van der Waals surface area contributed by atoms with Gasteiger partial charge in [0.1, 0.15) is 17.2 Å². The lowest BCUT2D eigenvalue weighted by atomic mass is 10.1. The lowest BCUT2D eigenvalue weighted by Crippen LogP contribution is -2.39. The van der Waals surface area contributed by atoms with Crippen molar-refractivity contribution in [1.82, 2.24) is 9.47 Å². The van der Waals surface area contributed by atoms with Crippen molar-refractivity contribution in [3.63, 3.8) is 0 Å². The van der Waals surface area contributed by atoms with Crippen LogP contribution in [-0.2, 0) is 0 Å². The summed E-state index contributed by atoms with van der Waals surface area (Å²) >= 11 is 1.52. The minimum absolute atomic E-state index is 0.0873. The molecule has 1 aromatic heterocycles. The summed E-state index contributed by atoms with van der Waals surface area (Å²) in [6, 6.07) is 14.8. The maximum Gasteiger partial charge on any atom is 0.259 e. The largest absolute Gasteiger partial charge is 0.497 e. The van der Waals surface area contributed by atoms with Crippen molar-refractivity contribution in [3.8, 4) is 28.9 Å². The molecule has 32 heavy (non-hydrogen) atoms. The Kier molecular flexibility index (Phi) is 6.27. The highest BCUT2D eigenvalue weighted by molar-refractivity contribution is 8.13. The van der Waals surface area contributed by atoms with E-state index in [2.05, 4.69) is 0 Å². The van der Waals surface area contributed by atoms with Gasteiger partial charge in [0.05, 0.1) is 19.9 Å². The number of rotatable bonds is 5. The van der Waals surface area contributed by atoms with Crippen molar-refractivity contribution in [2.24, 2.45) is 4.99 Å². The molecule has 1 aliphatic rings. The molecule has 2 aromatic carbocycles. The number of benzene rings is 2. The van der Waals surface area contributed by atoms with Gasteiger partial charge in [0.25, 0.3) is 5.91 Å². The zero-order chi connectivity index (χ0) is 22.7. The fourth-order valence-electron chi connectivity index (χ4n) is 3.42. The first-order valence-electron chi connectivity index (χ1n) is 9.97. The number of ether oxygens (including phenoxy) is 2. The van der Waals surface area contributed by atoms with Crippen LogP contribution in [0.1, 0.15) is 16.8 Å². The molecule has 1 saturated heterocycles. The first-order valence-corrected chi connectivity index (χ1v) is 11.0. The Morgan fingerprint density at radius 1 is 1.00 bits per heavy atom. The number of hydrogen-bond acceptors (Lipinski definition) is 7. The molecule has 4 rings (SSSR count). The average Bonchev–Trinajstić information content (AvgIpc) is 3.16. The van der Waals surface area contributed by atoms with Crippen LogP contribution in [0.3, 0.4) is 0 Å². The first kappa shape index (κ1) is 21.6. The summed E-state index contributed by atoms with van der Waals surface area (Å²) < 4.78 is 12.0. The summed E-state index contributed by atoms with van der Waals surface area (Å²) in [5.74, 6) is 1.75. The first-order chi connectivity index (χ1) is 15.5. The van der Waals surface area contributed by atoms with Gasteiger partial charge < -0.3 is 19.7 Å². The molecule has 9 heteroatoms. The molecule has 0 bridgehead atoms. The van der Waals surface area contributed by atoms with Crippen LogP contribution in [0.5, 0.6) is 23.3 Å². The normalized spacial score (nSPS) is 15.1. The second-order valence-corrected chi connectivity index (χ2v) is 8.09. The summed E-state index contributed by atoms with van der Waals surface area (Å²) in [5.41, 5.74) is 1.61. The highest BCUT2D eigenvalue weighted by atomic mass is 32.2.